The second-order valence-electron chi connectivity index (χ2n) is 6.66. The van der Waals surface area contributed by atoms with Crippen molar-refractivity contribution in [3.05, 3.63) is 70.7 Å². The minimum absolute atomic E-state index is 0.0540. The Hall–Kier alpha value is -3.32. The Balaban J connectivity index is 1.60. The molecule has 0 aliphatic heterocycles. The van der Waals surface area contributed by atoms with Crippen LogP contribution in [0.3, 0.4) is 0 Å². The highest BCUT2D eigenvalue weighted by molar-refractivity contribution is 7.17. The predicted molar refractivity (Wildman–Crippen MR) is 112 cm³/mol. The minimum Gasteiger partial charge on any atom is -0.352 e. The van der Waals surface area contributed by atoms with Crippen molar-refractivity contribution in [1.82, 2.24) is 15.5 Å². The molecule has 6 nitrogen and oxygen atoms in total. The van der Waals surface area contributed by atoms with Crippen LogP contribution in [0, 0.1) is 6.92 Å². The van der Waals surface area contributed by atoms with Crippen LogP contribution in [0.2, 0.25) is 0 Å². The van der Waals surface area contributed by atoms with E-state index in [4.69, 9.17) is 4.52 Å². The number of benzene rings is 2. The molecule has 146 valence electrons. The van der Waals surface area contributed by atoms with Crippen LogP contribution in [0.25, 0.3) is 21.2 Å². The molecule has 4 aromatic rings. The maximum atomic E-state index is 12.8. The number of aryl methyl sites for hydroxylation is 1. The van der Waals surface area contributed by atoms with E-state index >= 15 is 0 Å². The van der Waals surface area contributed by atoms with Crippen molar-refractivity contribution < 1.29 is 14.1 Å². The van der Waals surface area contributed by atoms with E-state index in [1.807, 2.05) is 48.5 Å². The van der Waals surface area contributed by atoms with Crippen LogP contribution in [0.5, 0.6) is 0 Å². The number of rotatable bonds is 6. The second kappa shape index (κ2) is 7.97. The first-order valence-corrected chi connectivity index (χ1v) is 10.0. The molecule has 0 saturated heterocycles. The van der Waals surface area contributed by atoms with Gasteiger partial charge in [0, 0.05) is 30.3 Å². The predicted octanol–water partition coefficient (Wildman–Crippen LogP) is 4.43. The molecule has 0 radical (unpaired) electrons. The fourth-order valence-corrected chi connectivity index (χ4v) is 4.15. The summed E-state index contributed by atoms with van der Waals surface area (Å²) in [5.74, 6) is 0.985. The summed E-state index contributed by atoms with van der Waals surface area (Å²) in [4.78, 5) is 30.3. The number of nitrogens with zero attached hydrogens (tertiary/aromatic N) is 2. The van der Waals surface area contributed by atoms with Crippen molar-refractivity contribution in [2.75, 3.05) is 6.54 Å². The summed E-state index contributed by atoms with van der Waals surface area (Å²) in [5.41, 5.74) is 1.62. The summed E-state index contributed by atoms with van der Waals surface area (Å²) in [6, 6.07) is 15.4. The lowest BCUT2D eigenvalue weighted by atomic mass is 9.98. The van der Waals surface area contributed by atoms with Gasteiger partial charge < -0.3 is 9.84 Å². The van der Waals surface area contributed by atoms with Crippen molar-refractivity contribution in [2.24, 2.45) is 0 Å². The van der Waals surface area contributed by atoms with Crippen molar-refractivity contribution in [2.45, 2.75) is 20.3 Å². The number of hydrogen-bond acceptors (Lipinski definition) is 6. The van der Waals surface area contributed by atoms with Crippen molar-refractivity contribution in [3.8, 4) is 10.4 Å². The molecule has 29 heavy (non-hydrogen) atoms. The molecular formula is C22H19N3O3S. The van der Waals surface area contributed by atoms with Gasteiger partial charge in [0.25, 0.3) is 5.91 Å². The summed E-state index contributed by atoms with van der Waals surface area (Å²) in [6.45, 7) is 3.72. The highest BCUT2D eigenvalue weighted by atomic mass is 32.1. The van der Waals surface area contributed by atoms with E-state index in [0.29, 0.717) is 30.2 Å². The van der Waals surface area contributed by atoms with E-state index in [9.17, 15) is 9.59 Å². The smallest absolute Gasteiger partial charge is 0.251 e. The number of amides is 1. The monoisotopic (exact) mass is 405 g/mol. The van der Waals surface area contributed by atoms with E-state index in [1.165, 1.54) is 11.3 Å². The van der Waals surface area contributed by atoms with Crippen molar-refractivity contribution in [3.63, 3.8) is 0 Å². The van der Waals surface area contributed by atoms with Crippen LogP contribution >= 0.6 is 11.3 Å². The average Bonchev–Trinajstić information content (AvgIpc) is 3.36. The average molecular weight is 405 g/mol. The number of Topliss-reactive ketones (excluding diaryl/α,β-unsaturated/α-hetero) is 1. The molecule has 2 heterocycles. The Bertz CT molecular complexity index is 1210. The van der Waals surface area contributed by atoms with Gasteiger partial charge in [-0.1, -0.05) is 35.5 Å². The van der Waals surface area contributed by atoms with Gasteiger partial charge in [0.2, 0.25) is 5.89 Å². The quantitative estimate of drug-likeness (QED) is 0.480. The third kappa shape index (κ3) is 3.95. The molecule has 2 aromatic heterocycles. The summed E-state index contributed by atoms with van der Waals surface area (Å²) in [6.07, 6.45) is 0.502. The van der Waals surface area contributed by atoms with Gasteiger partial charge in [0.1, 0.15) is 0 Å². The molecule has 1 amide bonds. The maximum absolute atomic E-state index is 12.8. The zero-order valence-corrected chi connectivity index (χ0v) is 16.9. The largest absolute Gasteiger partial charge is 0.352 e. The van der Waals surface area contributed by atoms with Gasteiger partial charge in [-0.25, -0.2) is 0 Å². The Morgan fingerprint density at radius 3 is 2.55 bits per heavy atom. The summed E-state index contributed by atoms with van der Waals surface area (Å²) < 4.78 is 4.94. The number of thiophene rings is 1. The van der Waals surface area contributed by atoms with Gasteiger partial charge in [-0.15, -0.1) is 11.3 Å². The van der Waals surface area contributed by atoms with E-state index in [0.717, 1.165) is 26.1 Å². The Morgan fingerprint density at radius 2 is 1.86 bits per heavy atom. The second-order valence-corrected chi connectivity index (χ2v) is 7.75. The van der Waals surface area contributed by atoms with E-state index in [-0.39, 0.29) is 11.7 Å². The molecule has 7 heteroatoms. The molecule has 0 aliphatic carbocycles. The van der Waals surface area contributed by atoms with Crippen LogP contribution < -0.4 is 5.32 Å². The third-order valence-corrected chi connectivity index (χ3v) is 5.81. The lowest BCUT2D eigenvalue weighted by Gasteiger charge is -2.11. The van der Waals surface area contributed by atoms with Gasteiger partial charge in [-0.3, -0.25) is 9.59 Å². The molecular weight excluding hydrogens is 386 g/mol. The summed E-state index contributed by atoms with van der Waals surface area (Å²) in [5, 5.41) is 8.61. The van der Waals surface area contributed by atoms with E-state index in [1.54, 1.807) is 13.8 Å². The van der Waals surface area contributed by atoms with Crippen molar-refractivity contribution in [1.29, 1.82) is 0 Å². The molecule has 4 rings (SSSR count). The first-order chi connectivity index (χ1) is 14.0. The number of fused-ring (bicyclic) bond motifs is 1. The molecule has 0 atom stereocenters. The zero-order valence-electron chi connectivity index (χ0n) is 16.1. The number of ketones is 1. The summed E-state index contributed by atoms with van der Waals surface area (Å²) >= 11 is 1.46. The van der Waals surface area contributed by atoms with Crippen LogP contribution in [0.4, 0.5) is 0 Å². The van der Waals surface area contributed by atoms with Crippen molar-refractivity contribution >= 4 is 33.8 Å². The fourth-order valence-electron chi connectivity index (χ4n) is 3.21. The number of carbonyl (C=O) groups excluding carboxylic acids is 2. The Labute approximate surface area is 171 Å². The minimum atomic E-state index is -0.149. The number of aromatic nitrogens is 2. The Kier molecular flexibility index (Phi) is 5.22. The molecule has 0 aliphatic rings. The van der Waals surface area contributed by atoms with E-state index < -0.39 is 0 Å². The molecule has 0 bridgehead atoms. The first kappa shape index (κ1) is 19.0. The molecule has 0 spiro atoms. The van der Waals surface area contributed by atoms with Gasteiger partial charge in [-0.05, 0) is 41.5 Å². The maximum Gasteiger partial charge on any atom is 0.251 e. The SMILES string of the molecule is CC(=O)c1ccc(-c2ccc(C(=O)NCCc3noc(C)n3)c3ccccc23)s1. The highest BCUT2D eigenvalue weighted by Crippen LogP contribution is 2.35. The van der Waals surface area contributed by atoms with Crippen LogP contribution in [0.15, 0.2) is 53.1 Å². The van der Waals surface area contributed by atoms with Crippen LogP contribution in [0.1, 0.15) is 38.7 Å². The Morgan fingerprint density at radius 1 is 1.07 bits per heavy atom. The molecule has 0 saturated carbocycles. The normalized spacial score (nSPS) is 11.0. The van der Waals surface area contributed by atoms with Gasteiger partial charge in [-0.2, -0.15) is 4.98 Å². The molecule has 2 aromatic carbocycles. The van der Waals surface area contributed by atoms with Gasteiger partial charge in [0.15, 0.2) is 11.6 Å². The van der Waals surface area contributed by atoms with Gasteiger partial charge >= 0.3 is 0 Å². The fraction of sp³-hybridized carbons (Fsp3) is 0.182. The molecule has 1 N–H and O–H groups in total. The highest BCUT2D eigenvalue weighted by Gasteiger charge is 2.15. The van der Waals surface area contributed by atoms with Crippen LogP contribution in [-0.2, 0) is 6.42 Å². The first-order valence-electron chi connectivity index (χ1n) is 9.23. The third-order valence-electron chi connectivity index (χ3n) is 4.59. The number of carbonyl (C=O) groups is 2. The standard InChI is InChI=1S/C22H19N3O3S/c1-13(26)19-9-10-20(29-19)17-7-8-18(16-6-4-3-5-15(16)17)22(27)23-12-11-21-24-14(2)28-25-21/h3-10H,11-12H2,1-2H3,(H,23,27). The zero-order chi connectivity index (χ0) is 20.4. The number of nitrogens with one attached hydrogen (secondary N) is 1. The topological polar surface area (TPSA) is 85.1 Å². The summed E-state index contributed by atoms with van der Waals surface area (Å²) in [7, 11) is 0. The lowest BCUT2D eigenvalue weighted by molar-refractivity contribution is 0.0954. The molecule has 0 fully saturated rings. The van der Waals surface area contributed by atoms with Gasteiger partial charge in [0.05, 0.1) is 4.88 Å². The van der Waals surface area contributed by atoms with Crippen LogP contribution in [-0.4, -0.2) is 28.4 Å². The van der Waals surface area contributed by atoms with E-state index in [2.05, 4.69) is 15.5 Å². The molecule has 0 unspecified atom stereocenters. The number of hydrogen-bond donors (Lipinski definition) is 1. The lowest BCUT2D eigenvalue weighted by Crippen LogP contribution is -2.26.